The van der Waals surface area contributed by atoms with Crippen LogP contribution in [0, 0.1) is 11.6 Å². The number of nitrogens with one attached hydrogen (secondary N) is 2. The fraction of sp³-hybridized carbons (Fsp3) is 0.115. The Labute approximate surface area is 213 Å². The van der Waals surface area contributed by atoms with Crippen LogP contribution >= 0.6 is 11.3 Å². The van der Waals surface area contributed by atoms with E-state index in [1.165, 1.54) is 35.9 Å². The quantitative estimate of drug-likeness (QED) is 0.269. The molecule has 1 saturated carbocycles. The van der Waals surface area contributed by atoms with E-state index >= 15 is 4.39 Å². The molecule has 0 radical (unpaired) electrons. The van der Waals surface area contributed by atoms with Crippen LogP contribution in [0.1, 0.15) is 18.9 Å². The zero-order valence-electron chi connectivity index (χ0n) is 19.2. The average molecular weight is 513 g/mol. The first-order chi connectivity index (χ1) is 18.1. The lowest BCUT2D eigenvalue weighted by molar-refractivity contribution is 0.628. The highest BCUT2D eigenvalue weighted by Crippen LogP contribution is 2.42. The van der Waals surface area contributed by atoms with Gasteiger partial charge in [0.05, 0.1) is 16.7 Å². The second-order valence-corrected chi connectivity index (χ2v) is 9.79. The van der Waals surface area contributed by atoms with Crippen LogP contribution in [0.15, 0.2) is 67.0 Å². The molecule has 8 nitrogen and oxygen atoms in total. The van der Waals surface area contributed by atoms with Crippen molar-refractivity contribution in [3.05, 3.63) is 78.6 Å². The van der Waals surface area contributed by atoms with Gasteiger partial charge in [0, 0.05) is 28.8 Å². The number of fused-ring (bicyclic) bond motifs is 1. The summed E-state index contributed by atoms with van der Waals surface area (Å²) in [5.41, 5.74) is 4.23. The van der Waals surface area contributed by atoms with Gasteiger partial charge in [-0.3, -0.25) is 5.10 Å². The molecule has 0 aliphatic heterocycles. The minimum atomic E-state index is -0.409. The molecule has 6 aromatic rings. The molecule has 0 saturated heterocycles. The number of rotatable bonds is 6. The molecule has 7 rings (SSSR count). The number of H-pyrrole nitrogens is 1. The van der Waals surface area contributed by atoms with E-state index in [0.29, 0.717) is 27.3 Å². The first kappa shape index (κ1) is 21.7. The Bertz CT molecular complexity index is 1720. The summed E-state index contributed by atoms with van der Waals surface area (Å²) in [6.45, 7) is 0. The van der Waals surface area contributed by atoms with E-state index in [9.17, 15) is 4.39 Å². The van der Waals surface area contributed by atoms with Gasteiger partial charge in [-0.15, -0.1) is 10.2 Å². The van der Waals surface area contributed by atoms with Crippen molar-refractivity contribution in [3.8, 4) is 33.3 Å². The van der Waals surface area contributed by atoms with Gasteiger partial charge >= 0.3 is 0 Å². The van der Waals surface area contributed by atoms with Crippen molar-refractivity contribution in [2.24, 2.45) is 0 Å². The van der Waals surface area contributed by atoms with Crippen molar-refractivity contribution < 1.29 is 8.78 Å². The number of aromatic amines is 1. The standard InChI is InChI=1S/C26H18F2N8S/c27-17-7-5-15(6-8-17)24-31-21-12-20(19(28)11-22(21)36(24)18-9-10-18)32-26-35-34-25(37-26)16-3-1-14(2-4-16)23-29-13-30-33-23/h1-8,11-13,18H,9-10H2,(H,32,35)(H,29,30,33). The molecule has 1 aliphatic rings. The highest BCUT2D eigenvalue weighted by atomic mass is 32.1. The van der Waals surface area contributed by atoms with Crippen LogP contribution in [0.3, 0.4) is 0 Å². The van der Waals surface area contributed by atoms with Crippen LogP contribution in [0.4, 0.5) is 19.6 Å². The van der Waals surface area contributed by atoms with Crippen LogP contribution < -0.4 is 5.32 Å². The Balaban J connectivity index is 1.19. The van der Waals surface area contributed by atoms with E-state index in [2.05, 4.69) is 35.3 Å². The molecule has 0 spiro atoms. The predicted octanol–water partition coefficient (Wildman–Crippen LogP) is 6.36. The van der Waals surface area contributed by atoms with Gasteiger partial charge in [0.15, 0.2) is 5.82 Å². The van der Waals surface area contributed by atoms with E-state index in [1.54, 1.807) is 18.2 Å². The third-order valence-electron chi connectivity index (χ3n) is 6.28. The normalized spacial score (nSPS) is 13.4. The van der Waals surface area contributed by atoms with E-state index in [4.69, 9.17) is 4.98 Å². The lowest BCUT2D eigenvalue weighted by atomic mass is 10.1. The molecule has 3 heterocycles. The number of benzene rings is 3. The van der Waals surface area contributed by atoms with Gasteiger partial charge in [-0.25, -0.2) is 18.7 Å². The third-order valence-corrected chi connectivity index (χ3v) is 7.17. The SMILES string of the molecule is Fc1ccc(-c2nc3cc(Nc4nnc(-c5ccc(-c6ncn[nH]6)cc5)s4)c(F)cc3n2C2CC2)cc1. The van der Waals surface area contributed by atoms with E-state index in [0.717, 1.165) is 35.0 Å². The Kier molecular flexibility index (Phi) is 5.03. The molecule has 1 aliphatic carbocycles. The average Bonchev–Trinajstić information content (AvgIpc) is 3.29. The number of halogens is 2. The summed E-state index contributed by atoms with van der Waals surface area (Å²) < 4.78 is 30.8. The first-order valence-electron chi connectivity index (χ1n) is 11.7. The zero-order valence-corrected chi connectivity index (χ0v) is 20.0. The first-order valence-corrected chi connectivity index (χ1v) is 12.5. The largest absolute Gasteiger partial charge is 0.328 e. The maximum Gasteiger partial charge on any atom is 0.210 e. The number of aromatic nitrogens is 7. The summed E-state index contributed by atoms with van der Waals surface area (Å²) in [5, 5.41) is 19.4. The Hall–Kier alpha value is -4.51. The summed E-state index contributed by atoms with van der Waals surface area (Å²) in [7, 11) is 0. The van der Waals surface area contributed by atoms with Crippen LogP contribution in [0.2, 0.25) is 0 Å². The van der Waals surface area contributed by atoms with Crippen molar-refractivity contribution in [1.82, 2.24) is 34.9 Å². The van der Waals surface area contributed by atoms with Crippen molar-refractivity contribution in [3.63, 3.8) is 0 Å². The zero-order chi connectivity index (χ0) is 24.9. The number of imidazole rings is 1. The molecule has 1 fully saturated rings. The second-order valence-electron chi connectivity index (χ2n) is 8.81. The predicted molar refractivity (Wildman–Crippen MR) is 137 cm³/mol. The molecule has 0 bridgehead atoms. The van der Waals surface area contributed by atoms with Crippen molar-refractivity contribution >= 4 is 33.2 Å². The van der Waals surface area contributed by atoms with Crippen LogP contribution in [-0.2, 0) is 0 Å². The highest BCUT2D eigenvalue weighted by molar-refractivity contribution is 7.18. The molecule has 11 heteroatoms. The number of hydrogen-bond donors (Lipinski definition) is 2. The summed E-state index contributed by atoms with van der Waals surface area (Å²) in [6.07, 6.45) is 3.48. The molecule has 0 amide bonds. The third kappa shape index (κ3) is 4.02. The van der Waals surface area contributed by atoms with Crippen LogP contribution in [0.25, 0.3) is 44.4 Å². The summed E-state index contributed by atoms with van der Waals surface area (Å²) in [5.74, 6) is 0.676. The van der Waals surface area contributed by atoms with Gasteiger partial charge < -0.3 is 9.88 Å². The van der Waals surface area contributed by atoms with Gasteiger partial charge in [0.2, 0.25) is 5.13 Å². The summed E-state index contributed by atoms with van der Waals surface area (Å²) in [4.78, 5) is 8.94. The lowest BCUT2D eigenvalue weighted by Gasteiger charge is -2.08. The van der Waals surface area contributed by atoms with Crippen molar-refractivity contribution in [2.45, 2.75) is 18.9 Å². The fourth-order valence-electron chi connectivity index (χ4n) is 4.34. The van der Waals surface area contributed by atoms with Gasteiger partial charge in [-0.05, 0) is 43.2 Å². The lowest BCUT2D eigenvalue weighted by Crippen LogP contribution is -1.98. The molecule has 3 aromatic carbocycles. The maximum absolute atomic E-state index is 15.2. The molecule has 37 heavy (non-hydrogen) atoms. The molecule has 3 aromatic heterocycles. The van der Waals surface area contributed by atoms with Gasteiger partial charge in [0.25, 0.3) is 0 Å². The van der Waals surface area contributed by atoms with Crippen molar-refractivity contribution in [1.29, 1.82) is 0 Å². The summed E-state index contributed by atoms with van der Waals surface area (Å²) in [6, 6.07) is 17.4. The van der Waals surface area contributed by atoms with Gasteiger partial charge in [0.1, 0.15) is 28.8 Å². The minimum absolute atomic E-state index is 0.266. The summed E-state index contributed by atoms with van der Waals surface area (Å²) >= 11 is 1.32. The van der Waals surface area contributed by atoms with E-state index in [-0.39, 0.29) is 17.5 Å². The van der Waals surface area contributed by atoms with E-state index < -0.39 is 5.82 Å². The molecule has 2 N–H and O–H groups in total. The number of nitrogens with zero attached hydrogens (tertiary/aromatic N) is 6. The molecule has 182 valence electrons. The van der Waals surface area contributed by atoms with Crippen LogP contribution in [-0.4, -0.2) is 34.9 Å². The smallest absolute Gasteiger partial charge is 0.210 e. The maximum atomic E-state index is 15.2. The van der Waals surface area contributed by atoms with Gasteiger partial charge in [-0.1, -0.05) is 35.6 Å². The minimum Gasteiger partial charge on any atom is -0.328 e. The molecule has 0 unspecified atom stereocenters. The Morgan fingerprint density at radius 3 is 2.41 bits per heavy atom. The van der Waals surface area contributed by atoms with E-state index in [1.807, 2.05) is 24.3 Å². The fourth-order valence-corrected chi connectivity index (χ4v) is 5.10. The molecular formula is C26H18F2N8S. The number of anilines is 2. The van der Waals surface area contributed by atoms with Crippen LogP contribution in [0.5, 0.6) is 0 Å². The highest BCUT2D eigenvalue weighted by Gasteiger charge is 2.29. The molecular weight excluding hydrogens is 494 g/mol. The number of hydrogen-bond acceptors (Lipinski definition) is 7. The van der Waals surface area contributed by atoms with Crippen molar-refractivity contribution in [2.75, 3.05) is 5.32 Å². The molecule has 0 atom stereocenters. The topological polar surface area (TPSA) is 97.2 Å². The monoisotopic (exact) mass is 512 g/mol. The Morgan fingerprint density at radius 1 is 0.919 bits per heavy atom. The van der Waals surface area contributed by atoms with Gasteiger partial charge in [-0.2, -0.15) is 5.10 Å². The second kappa shape index (κ2) is 8.56. The Morgan fingerprint density at radius 2 is 1.68 bits per heavy atom.